The van der Waals surface area contributed by atoms with Gasteiger partial charge in [-0.15, -0.1) is 0 Å². The van der Waals surface area contributed by atoms with Crippen molar-refractivity contribution in [2.75, 3.05) is 16.8 Å². The number of H-pyrrole nitrogens is 1. The highest BCUT2D eigenvalue weighted by molar-refractivity contribution is 5.58. The Hall–Kier alpha value is -3.07. The molecule has 2 unspecified atom stereocenters. The summed E-state index contributed by atoms with van der Waals surface area (Å²) >= 11 is 0. The molecule has 3 heterocycles. The minimum absolute atomic E-state index is 0.205. The maximum Gasteiger partial charge on any atom is 0.153 e. The second-order valence-electron chi connectivity index (χ2n) is 7.59. The summed E-state index contributed by atoms with van der Waals surface area (Å²) in [6.45, 7) is 0.269. The zero-order valence-electron chi connectivity index (χ0n) is 15.5. The van der Waals surface area contributed by atoms with Gasteiger partial charge < -0.3 is 15.3 Å². The molecule has 0 spiro atoms. The van der Waals surface area contributed by atoms with Crippen molar-refractivity contribution in [3.63, 3.8) is 0 Å². The molecule has 2 aliphatic rings. The maximum absolute atomic E-state index is 14.3. The first-order chi connectivity index (χ1) is 14.1. The average Bonchev–Trinajstić information content (AvgIpc) is 3.34. The number of halogens is 2. The van der Waals surface area contributed by atoms with E-state index in [1.54, 1.807) is 11.0 Å². The molecule has 7 nitrogen and oxygen atoms in total. The summed E-state index contributed by atoms with van der Waals surface area (Å²) in [5, 5.41) is 20.6. The quantitative estimate of drug-likeness (QED) is 0.610. The lowest BCUT2D eigenvalue weighted by Gasteiger charge is -2.26. The Labute approximate surface area is 165 Å². The second kappa shape index (κ2) is 7.07. The molecule has 2 atom stereocenters. The van der Waals surface area contributed by atoms with E-state index < -0.39 is 23.8 Å². The van der Waals surface area contributed by atoms with Crippen LogP contribution in [-0.2, 0) is 0 Å². The fourth-order valence-corrected chi connectivity index (χ4v) is 3.84. The van der Waals surface area contributed by atoms with Gasteiger partial charge in [-0.25, -0.2) is 18.7 Å². The van der Waals surface area contributed by atoms with Crippen molar-refractivity contribution in [1.29, 1.82) is 0 Å². The van der Waals surface area contributed by atoms with Gasteiger partial charge >= 0.3 is 0 Å². The van der Waals surface area contributed by atoms with E-state index in [4.69, 9.17) is 0 Å². The summed E-state index contributed by atoms with van der Waals surface area (Å²) in [6.07, 6.45) is 3.37. The highest BCUT2D eigenvalue weighted by Gasteiger charge is 2.35. The third-order valence-electron chi connectivity index (χ3n) is 5.41. The first-order valence-electron chi connectivity index (χ1n) is 9.61. The SMILES string of the molecule is OC1CC(c2cc(F)ccc2F)N(c2cc(Nc3cc(C4CC4)[nH]n3)ncn2)C1. The average molecular weight is 398 g/mol. The molecular formula is C20H20F2N6O. The van der Waals surface area contributed by atoms with Gasteiger partial charge in [0.2, 0.25) is 0 Å². The fourth-order valence-electron chi connectivity index (χ4n) is 3.84. The maximum atomic E-state index is 14.3. The molecule has 1 aliphatic heterocycles. The lowest BCUT2D eigenvalue weighted by Crippen LogP contribution is -2.26. The Morgan fingerprint density at radius 2 is 1.97 bits per heavy atom. The van der Waals surface area contributed by atoms with Crippen LogP contribution in [0.4, 0.5) is 26.2 Å². The molecule has 3 N–H and O–H groups in total. The molecule has 5 rings (SSSR count). The molecule has 150 valence electrons. The Bertz CT molecular complexity index is 1040. The van der Waals surface area contributed by atoms with Gasteiger partial charge in [-0.1, -0.05) is 0 Å². The van der Waals surface area contributed by atoms with Crippen LogP contribution in [0.1, 0.15) is 42.5 Å². The van der Waals surface area contributed by atoms with E-state index in [-0.39, 0.29) is 18.5 Å². The molecule has 29 heavy (non-hydrogen) atoms. The highest BCUT2D eigenvalue weighted by atomic mass is 19.1. The lowest BCUT2D eigenvalue weighted by atomic mass is 10.0. The smallest absolute Gasteiger partial charge is 0.153 e. The standard InChI is InChI=1S/C20H20F2N6O/c21-12-3-4-15(22)14(5-12)17-6-13(29)9-28(17)20-8-18(23-10-24-20)25-19-7-16(26-27-19)11-1-2-11/h3-5,7-8,10-11,13,17,29H,1-2,6,9H2,(H2,23,24,25,26,27). The molecule has 2 aromatic heterocycles. The monoisotopic (exact) mass is 398 g/mol. The predicted octanol–water partition coefficient (Wildman–Crippen LogP) is 3.41. The number of nitrogens with zero attached hydrogens (tertiary/aromatic N) is 4. The number of rotatable bonds is 5. The van der Waals surface area contributed by atoms with Crippen LogP contribution in [-0.4, -0.2) is 37.9 Å². The number of hydrogen-bond donors (Lipinski definition) is 3. The summed E-state index contributed by atoms with van der Waals surface area (Å²) in [7, 11) is 0. The van der Waals surface area contributed by atoms with E-state index in [1.165, 1.54) is 25.2 Å². The third-order valence-corrected chi connectivity index (χ3v) is 5.41. The molecule has 0 radical (unpaired) electrons. The van der Waals surface area contributed by atoms with Crippen molar-refractivity contribution < 1.29 is 13.9 Å². The van der Waals surface area contributed by atoms with E-state index in [0.29, 0.717) is 23.4 Å². The molecule has 1 saturated carbocycles. The number of hydrogen-bond acceptors (Lipinski definition) is 6. The summed E-state index contributed by atoms with van der Waals surface area (Å²) in [6, 6.07) is 6.53. The molecule has 0 bridgehead atoms. The van der Waals surface area contributed by atoms with Gasteiger partial charge in [0.05, 0.1) is 12.1 Å². The van der Waals surface area contributed by atoms with Gasteiger partial charge in [-0.2, -0.15) is 5.10 Å². The van der Waals surface area contributed by atoms with Crippen LogP contribution in [0.15, 0.2) is 36.7 Å². The predicted molar refractivity (Wildman–Crippen MR) is 103 cm³/mol. The van der Waals surface area contributed by atoms with Gasteiger partial charge in [0.25, 0.3) is 0 Å². The van der Waals surface area contributed by atoms with Crippen LogP contribution in [0.2, 0.25) is 0 Å². The largest absolute Gasteiger partial charge is 0.391 e. The van der Waals surface area contributed by atoms with Gasteiger partial charge in [0.1, 0.15) is 29.6 Å². The molecule has 3 aromatic rings. The number of benzene rings is 1. The number of aliphatic hydroxyl groups is 1. The zero-order valence-corrected chi connectivity index (χ0v) is 15.5. The van der Waals surface area contributed by atoms with E-state index in [0.717, 1.165) is 17.8 Å². The minimum atomic E-state index is -0.665. The van der Waals surface area contributed by atoms with Gasteiger partial charge in [-0.05, 0) is 37.5 Å². The molecule has 0 amide bonds. The van der Waals surface area contributed by atoms with Crippen LogP contribution in [0.25, 0.3) is 0 Å². The Morgan fingerprint density at radius 3 is 2.79 bits per heavy atom. The van der Waals surface area contributed by atoms with Gasteiger partial charge in [0.15, 0.2) is 5.82 Å². The Balaban J connectivity index is 1.41. The summed E-state index contributed by atoms with van der Waals surface area (Å²) in [5.41, 5.74) is 1.31. The summed E-state index contributed by atoms with van der Waals surface area (Å²) < 4.78 is 28.0. The number of anilines is 3. The van der Waals surface area contributed by atoms with Crippen LogP contribution < -0.4 is 10.2 Å². The normalized spacial score (nSPS) is 21.6. The van der Waals surface area contributed by atoms with Crippen LogP contribution in [0.3, 0.4) is 0 Å². The molecule has 9 heteroatoms. The number of aromatic amines is 1. The van der Waals surface area contributed by atoms with Crippen LogP contribution in [0, 0.1) is 11.6 Å². The van der Waals surface area contributed by atoms with Crippen LogP contribution in [0.5, 0.6) is 0 Å². The fraction of sp³-hybridized carbons (Fsp3) is 0.350. The molecular weight excluding hydrogens is 378 g/mol. The van der Waals surface area contributed by atoms with Crippen molar-refractivity contribution in [3.8, 4) is 0 Å². The molecule has 2 fully saturated rings. The van der Waals surface area contributed by atoms with Crippen molar-refractivity contribution in [1.82, 2.24) is 20.2 Å². The number of aromatic nitrogens is 4. The molecule has 1 aromatic carbocycles. The third kappa shape index (κ3) is 3.65. The van der Waals surface area contributed by atoms with Crippen molar-refractivity contribution >= 4 is 17.5 Å². The summed E-state index contributed by atoms with van der Waals surface area (Å²) in [4.78, 5) is 10.3. The highest BCUT2D eigenvalue weighted by Crippen LogP contribution is 2.40. The topological polar surface area (TPSA) is 90.0 Å². The first-order valence-corrected chi connectivity index (χ1v) is 9.61. The van der Waals surface area contributed by atoms with E-state index in [1.807, 2.05) is 6.07 Å². The van der Waals surface area contributed by atoms with E-state index >= 15 is 0 Å². The minimum Gasteiger partial charge on any atom is -0.391 e. The Kier molecular flexibility index (Phi) is 4.39. The lowest BCUT2D eigenvalue weighted by molar-refractivity contribution is 0.194. The number of nitrogens with one attached hydrogen (secondary N) is 2. The van der Waals surface area contributed by atoms with E-state index in [2.05, 4.69) is 25.5 Å². The van der Waals surface area contributed by atoms with Crippen molar-refractivity contribution in [2.24, 2.45) is 0 Å². The second-order valence-corrected chi connectivity index (χ2v) is 7.59. The van der Waals surface area contributed by atoms with Crippen molar-refractivity contribution in [2.45, 2.75) is 37.3 Å². The number of β-amino-alcohol motifs (C(OH)–C–C–N with tert-alkyl or cyclic N) is 1. The van der Waals surface area contributed by atoms with Gasteiger partial charge in [-0.3, -0.25) is 5.10 Å². The van der Waals surface area contributed by atoms with Gasteiger partial charge in [0, 0.05) is 35.9 Å². The van der Waals surface area contributed by atoms with E-state index in [9.17, 15) is 13.9 Å². The van der Waals surface area contributed by atoms with Crippen molar-refractivity contribution in [3.05, 3.63) is 59.6 Å². The Morgan fingerprint density at radius 1 is 1.10 bits per heavy atom. The number of aliphatic hydroxyl groups excluding tert-OH is 1. The van der Waals surface area contributed by atoms with Crippen LogP contribution >= 0.6 is 0 Å². The first kappa shape index (κ1) is 18.0. The molecule has 1 aliphatic carbocycles. The summed E-state index contributed by atoms with van der Waals surface area (Å²) in [5.74, 6) is 1.25. The molecule has 1 saturated heterocycles. The zero-order chi connectivity index (χ0) is 20.0.